The van der Waals surface area contributed by atoms with Crippen LogP contribution >= 0.6 is 0 Å². The Morgan fingerprint density at radius 3 is 2.05 bits per heavy atom. The molecule has 0 atom stereocenters. The van der Waals surface area contributed by atoms with Crippen molar-refractivity contribution in [3.05, 3.63) is 103 Å². The van der Waals surface area contributed by atoms with Crippen molar-refractivity contribution < 1.29 is 42.8 Å². The lowest BCUT2D eigenvalue weighted by Gasteiger charge is -2.12. The summed E-state index contributed by atoms with van der Waals surface area (Å²) in [5, 5.41) is 0. The SMILES string of the molecule is C=CC(=O)OCCCCOC(=O)Oc1ccc(OCOc2ccc(OC(=O)c3ccc(C=C)cc3)cc2C)cc1. The maximum atomic E-state index is 12.4. The van der Waals surface area contributed by atoms with Crippen molar-refractivity contribution in [2.24, 2.45) is 0 Å². The van der Waals surface area contributed by atoms with E-state index in [0.717, 1.165) is 17.2 Å². The second-order valence-corrected chi connectivity index (χ2v) is 8.30. The number of esters is 2. The molecule has 0 saturated carbocycles. The molecule has 0 aliphatic carbocycles. The number of hydrogen-bond donors (Lipinski definition) is 0. The van der Waals surface area contributed by atoms with Gasteiger partial charge in [0, 0.05) is 6.08 Å². The van der Waals surface area contributed by atoms with Gasteiger partial charge in [0.05, 0.1) is 18.8 Å². The van der Waals surface area contributed by atoms with Gasteiger partial charge >= 0.3 is 18.1 Å². The molecule has 0 radical (unpaired) electrons. The number of hydrogen-bond acceptors (Lipinski definition) is 9. The van der Waals surface area contributed by atoms with E-state index in [1.165, 1.54) is 0 Å². The van der Waals surface area contributed by atoms with Gasteiger partial charge in [0.25, 0.3) is 0 Å². The van der Waals surface area contributed by atoms with Gasteiger partial charge in [-0.25, -0.2) is 14.4 Å². The van der Waals surface area contributed by atoms with E-state index >= 15 is 0 Å². The zero-order chi connectivity index (χ0) is 28.7. The quantitative estimate of drug-likeness (QED) is 0.0575. The lowest BCUT2D eigenvalue weighted by atomic mass is 10.1. The van der Waals surface area contributed by atoms with Crippen molar-refractivity contribution in [2.75, 3.05) is 20.0 Å². The molecule has 0 unspecified atom stereocenters. The van der Waals surface area contributed by atoms with Crippen LogP contribution in [0.1, 0.15) is 34.3 Å². The zero-order valence-electron chi connectivity index (χ0n) is 22.1. The van der Waals surface area contributed by atoms with Gasteiger partial charge in [0.1, 0.15) is 23.0 Å². The van der Waals surface area contributed by atoms with Crippen LogP contribution < -0.4 is 18.9 Å². The Morgan fingerprint density at radius 2 is 1.40 bits per heavy atom. The molecule has 3 aromatic rings. The molecule has 3 rings (SSSR count). The first-order chi connectivity index (χ1) is 19.4. The van der Waals surface area contributed by atoms with Crippen LogP contribution in [0.4, 0.5) is 4.79 Å². The molecule has 0 spiro atoms. The molecule has 208 valence electrons. The summed E-state index contributed by atoms with van der Waals surface area (Å²) in [6.07, 6.45) is 3.01. The predicted molar refractivity (Wildman–Crippen MR) is 148 cm³/mol. The van der Waals surface area contributed by atoms with Crippen LogP contribution in [0.15, 0.2) is 86.0 Å². The van der Waals surface area contributed by atoms with Gasteiger partial charge < -0.3 is 28.4 Å². The van der Waals surface area contributed by atoms with Crippen molar-refractivity contribution in [3.8, 4) is 23.0 Å². The number of carbonyl (C=O) groups is 3. The number of aryl methyl sites for hydroxylation is 1. The third-order valence-electron chi connectivity index (χ3n) is 5.37. The van der Waals surface area contributed by atoms with Crippen molar-refractivity contribution in [3.63, 3.8) is 0 Å². The molecule has 0 bridgehead atoms. The standard InChI is InChI=1S/C31H30O9/c1-4-23-8-10-24(11-9-23)30(33)39-27-16-17-28(22(3)20-27)38-21-37-25-12-14-26(15-13-25)40-31(34)36-19-7-6-18-35-29(32)5-2/h4-5,8-17,20H,1-2,6-7,18-19,21H2,3H3. The lowest BCUT2D eigenvalue weighted by Crippen LogP contribution is -2.12. The monoisotopic (exact) mass is 546 g/mol. The molecule has 0 heterocycles. The highest BCUT2D eigenvalue weighted by Gasteiger charge is 2.11. The fraction of sp³-hybridized carbons (Fsp3) is 0.194. The molecule has 0 N–H and O–H groups in total. The Labute approximate surface area is 232 Å². The highest BCUT2D eigenvalue weighted by atomic mass is 16.7. The Hall–Kier alpha value is -5.05. The number of ether oxygens (including phenoxy) is 6. The van der Waals surface area contributed by atoms with Crippen molar-refractivity contribution >= 4 is 24.2 Å². The topological polar surface area (TPSA) is 107 Å². The molecule has 9 heteroatoms. The summed E-state index contributed by atoms with van der Waals surface area (Å²) < 4.78 is 31.7. The van der Waals surface area contributed by atoms with Gasteiger partial charge in [0.15, 0.2) is 0 Å². The third kappa shape index (κ3) is 9.68. The van der Waals surface area contributed by atoms with Crippen LogP contribution in [-0.4, -0.2) is 38.1 Å². The molecular weight excluding hydrogens is 516 g/mol. The minimum atomic E-state index is -0.838. The van der Waals surface area contributed by atoms with Gasteiger partial charge in [-0.15, -0.1) is 0 Å². The average molecular weight is 547 g/mol. The molecule has 0 saturated heterocycles. The largest absolute Gasteiger partial charge is 0.513 e. The number of carbonyl (C=O) groups excluding carboxylic acids is 3. The molecule has 0 amide bonds. The van der Waals surface area contributed by atoms with Crippen LogP contribution in [0.5, 0.6) is 23.0 Å². The molecule has 0 aliphatic rings. The Balaban J connectivity index is 1.37. The molecule has 0 aliphatic heterocycles. The van der Waals surface area contributed by atoms with Crippen LogP contribution in [0.3, 0.4) is 0 Å². The summed E-state index contributed by atoms with van der Waals surface area (Å²) in [7, 11) is 0. The van der Waals surface area contributed by atoms with Gasteiger partial charge in [0.2, 0.25) is 6.79 Å². The third-order valence-corrected chi connectivity index (χ3v) is 5.37. The molecular formula is C31H30O9. The summed E-state index contributed by atoms with van der Waals surface area (Å²) in [6, 6.07) is 18.3. The average Bonchev–Trinajstić information content (AvgIpc) is 2.96. The van der Waals surface area contributed by atoms with E-state index in [4.69, 9.17) is 28.4 Å². The summed E-state index contributed by atoms with van der Waals surface area (Å²) in [6.45, 7) is 9.12. The first-order valence-corrected chi connectivity index (χ1v) is 12.4. The van der Waals surface area contributed by atoms with Crippen LogP contribution in [0.2, 0.25) is 0 Å². The second-order valence-electron chi connectivity index (χ2n) is 8.30. The molecule has 9 nitrogen and oxygen atoms in total. The number of unbranched alkanes of at least 4 members (excludes halogenated alkanes) is 1. The van der Waals surface area contributed by atoms with Crippen LogP contribution in [-0.2, 0) is 14.3 Å². The summed E-state index contributed by atoms with van der Waals surface area (Å²) >= 11 is 0. The molecule has 0 aromatic heterocycles. The van der Waals surface area contributed by atoms with Gasteiger partial charge in [-0.2, -0.15) is 0 Å². The minimum absolute atomic E-state index is 0.0695. The lowest BCUT2D eigenvalue weighted by molar-refractivity contribution is -0.137. The van der Waals surface area contributed by atoms with Crippen LogP contribution in [0.25, 0.3) is 6.08 Å². The van der Waals surface area contributed by atoms with Gasteiger partial charge in [-0.1, -0.05) is 31.4 Å². The second kappa shape index (κ2) is 15.4. The maximum Gasteiger partial charge on any atom is 0.513 e. The van der Waals surface area contributed by atoms with Crippen molar-refractivity contribution in [1.82, 2.24) is 0 Å². The smallest absolute Gasteiger partial charge is 0.463 e. The Kier molecular flexibility index (Phi) is 11.3. The molecule has 3 aromatic carbocycles. The summed E-state index contributed by atoms with van der Waals surface area (Å²) in [5.74, 6) is 0.798. The predicted octanol–water partition coefficient (Wildman–Crippen LogP) is 6.30. The number of rotatable bonds is 14. The van der Waals surface area contributed by atoms with E-state index in [0.29, 0.717) is 35.7 Å². The van der Waals surface area contributed by atoms with E-state index in [9.17, 15) is 14.4 Å². The van der Waals surface area contributed by atoms with Crippen molar-refractivity contribution in [2.45, 2.75) is 19.8 Å². The van der Waals surface area contributed by atoms with Gasteiger partial charge in [-0.05, 0) is 85.5 Å². The summed E-state index contributed by atoms with van der Waals surface area (Å²) in [4.78, 5) is 35.1. The zero-order valence-corrected chi connectivity index (χ0v) is 22.1. The highest BCUT2D eigenvalue weighted by Crippen LogP contribution is 2.25. The fourth-order valence-electron chi connectivity index (χ4n) is 3.25. The Bertz CT molecular complexity index is 1310. The fourth-order valence-corrected chi connectivity index (χ4v) is 3.25. The van der Waals surface area contributed by atoms with E-state index in [-0.39, 0.29) is 25.8 Å². The molecule has 0 fully saturated rings. The molecule has 40 heavy (non-hydrogen) atoms. The summed E-state index contributed by atoms with van der Waals surface area (Å²) in [5.41, 5.74) is 2.11. The number of benzene rings is 3. The van der Waals surface area contributed by atoms with Crippen molar-refractivity contribution in [1.29, 1.82) is 0 Å². The normalized spacial score (nSPS) is 10.1. The highest BCUT2D eigenvalue weighted by molar-refractivity contribution is 5.91. The Morgan fingerprint density at radius 1 is 0.750 bits per heavy atom. The van der Waals surface area contributed by atoms with E-state index < -0.39 is 18.1 Å². The van der Waals surface area contributed by atoms with Gasteiger partial charge in [-0.3, -0.25) is 0 Å². The van der Waals surface area contributed by atoms with Crippen LogP contribution in [0, 0.1) is 6.92 Å². The van der Waals surface area contributed by atoms with E-state index in [1.807, 2.05) is 6.92 Å². The van der Waals surface area contributed by atoms with E-state index in [1.54, 1.807) is 72.8 Å². The minimum Gasteiger partial charge on any atom is -0.463 e. The first kappa shape index (κ1) is 29.5. The maximum absolute atomic E-state index is 12.4. The van der Waals surface area contributed by atoms with E-state index in [2.05, 4.69) is 13.2 Å². The first-order valence-electron chi connectivity index (χ1n) is 12.4.